The Hall–Kier alpha value is -2.28. The van der Waals surface area contributed by atoms with Crippen LogP contribution in [0.25, 0.3) is 11.5 Å². The van der Waals surface area contributed by atoms with Crippen LogP contribution >= 0.6 is 0 Å². The second-order valence-corrected chi connectivity index (χ2v) is 3.65. The maximum atomic E-state index is 8.96. The van der Waals surface area contributed by atoms with Crippen molar-refractivity contribution < 1.29 is 4.42 Å². The van der Waals surface area contributed by atoms with Gasteiger partial charge in [-0.2, -0.15) is 10.2 Å². The zero-order chi connectivity index (χ0) is 12.3. The molecule has 0 spiro atoms. The van der Waals surface area contributed by atoms with Crippen LogP contribution in [0.1, 0.15) is 18.2 Å². The molecule has 1 heterocycles. The maximum Gasteiger partial charge on any atom is 0.232 e. The first-order valence-corrected chi connectivity index (χ1v) is 5.47. The summed E-state index contributed by atoms with van der Waals surface area (Å²) < 4.78 is 5.57. The zero-order valence-corrected chi connectivity index (χ0v) is 9.82. The Bertz CT molecular complexity index is 566. The molecule has 0 saturated carbocycles. The first-order chi connectivity index (χ1) is 8.26. The Balaban J connectivity index is 2.48. The summed E-state index contributed by atoms with van der Waals surface area (Å²) in [4.78, 5) is 4.19. The van der Waals surface area contributed by atoms with Crippen molar-refractivity contribution in [1.82, 2.24) is 4.98 Å². The molecule has 1 aromatic carbocycles. The Labute approximate surface area is 99.9 Å². The molecule has 0 radical (unpaired) electrons. The molecule has 4 nitrogen and oxygen atoms in total. The van der Waals surface area contributed by atoms with Crippen LogP contribution in [0.4, 0.5) is 5.88 Å². The number of hydrogen-bond donors (Lipinski definition) is 1. The fourth-order valence-corrected chi connectivity index (χ4v) is 1.60. The fourth-order valence-electron chi connectivity index (χ4n) is 1.60. The van der Waals surface area contributed by atoms with Crippen molar-refractivity contribution in [2.24, 2.45) is 0 Å². The number of nitrogens with zero attached hydrogens (tertiary/aromatic N) is 2. The van der Waals surface area contributed by atoms with Gasteiger partial charge in [0.05, 0.1) is 0 Å². The Morgan fingerprint density at radius 2 is 2.18 bits per heavy atom. The van der Waals surface area contributed by atoms with Gasteiger partial charge in [-0.15, -0.1) is 0 Å². The van der Waals surface area contributed by atoms with Crippen LogP contribution in [0.3, 0.4) is 0 Å². The minimum atomic E-state index is 0.296. The van der Waals surface area contributed by atoms with Gasteiger partial charge < -0.3 is 9.73 Å². The van der Waals surface area contributed by atoms with Crippen molar-refractivity contribution >= 4 is 5.88 Å². The van der Waals surface area contributed by atoms with Crippen molar-refractivity contribution in [2.75, 3.05) is 11.9 Å². The van der Waals surface area contributed by atoms with Crippen LogP contribution < -0.4 is 5.32 Å². The first kappa shape index (κ1) is 11.2. The number of aryl methyl sites for hydroxylation is 1. The van der Waals surface area contributed by atoms with Crippen molar-refractivity contribution in [3.63, 3.8) is 0 Å². The van der Waals surface area contributed by atoms with E-state index in [1.54, 1.807) is 0 Å². The quantitative estimate of drug-likeness (QED) is 0.875. The minimum absolute atomic E-state index is 0.296. The lowest BCUT2D eigenvalue weighted by atomic mass is 10.1. The molecule has 1 N–H and O–H groups in total. The van der Waals surface area contributed by atoms with E-state index in [1.807, 2.05) is 44.2 Å². The summed E-state index contributed by atoms with van der Waals surface area (Å²) >= 11 is 0. The van der Waals surface area contributed by atoms with Crippen molar-refractivity contribution in [1.29, 1.82) is 5.26 Å². The molecule has 0 aliphatic carbocycles. The number of aromatic nitrogens is 1. The van der Waals surface area contributed by atoms with E-state index in [-0.39, 0.29) is 0 Å². The van der Waals surface area contributed by atoms with Crippen LogP contribution in [0.15, 0.2) is 28.7 Å². The average molecular weight is 227 g/mol. The van der Waals surface area contributed by atoms with E-state index >= 15 is 0 Å². The topological polar surface area (TPSA) is 61.9 Å². The van der Waals surface area contributed by atoms with Gasteiger partial charge in [-0.1, -0.05) is 18.2 Å². The molecule has 2 aromatic rings. The predicted octanol–water partition coefficient (Wildman–Crippen LogP) is 2.95. The van der Waals surface area contributed by atoms with Gasteiger partial charge in [0, 0.05) is 12.1 Å². The highest BCUT2D eigenvalue weighted by Crippen LogP contribution is 2.27. The summed E-state index contributed by atoms with van der Waals surface area (Å²) in [6.45, 7) is 4.62. The van der Waals surface area contributed by atoms with Gasteiger partial charge in [0.2, 0.25) is 17.5 Å². The lowest BCUT2D eigenvalue weighted by Crippen LogP contribution is -1.96. The third kappa shape index (κ3) is 2.13. The molecule has 0 atom stereocenters. The van der Waals surface area contributed by atoms with E-state index in [1.165, 1.54) is 0 Å². The third-order valence-electron chi connectivity index (χ3n) is 2.45. The molecule has 0 unspecified atom stereocenters. The number of rotatable bonds is 3. The number of benzene rings is 1. The molecule has 0 saturated heterocycles. The molecule has 1 aromatic heterocycles. The molecular weight excluding hydrogens is 214 g/mol. The number of oxazole rings is 1. The molecule has 0 bridgehead atoms. The smallest absolute Gasteiger partial charge is 0.232 e. The summed E-state index contributed by atoms with van der Waals surface area (Å²) in [5, 5.41) is 11.9. The lowest BCUT2D eigenvalue weighted by molar-refractivity contribution is 0.586. The van der Waals surface area contributed by atoms with Gasteiger partial charge in [-0.25, -0.2) is 0 Å². The van der Waals surface area contributed by atoms with Crippen LogP contribution in [0.5, 0.6) is 0 Å². The first-order valence-electron chi connectivity index (χ1n) is 5.47. The summed E-state index contributed by atoms with van der Waals surface area (Å²) in [5.74, 6) is 0.920. The molecule has 0 aliphatic rings. The molecule has 17 heavy (non-hydrogen) atoms. The lowest BCUT2D eigenvalue weighted by Gasteiger charge is -1.99. The van der Waals surface area contributed by atoms with E-state index < -0.39 is 0 Å². The van der Waals surface area contributed by atoms with Crippen LogP contribution in [-0.4, -0.2) is 11.5 Å². The SMILES string of the molecule is CCNc1oc(-c2ccccc2C)nc1C#N. The molecule has 0 aliphatic heterocycles. The highest BCUT2D eigenvalue weighted by atomic mass is 16.4. The van der Waals surface area contributed by atoms with E-state index in [0.717, 1.165) is 11.1 Å². The molecule has 86 valence electrons. The van der Waals surface area contributed by atoms with Crippen LogP contribution in [0, 0.1) is 18.3 Å². The van der Waals surface area contributed by atoms with E-state index in [2.05, 4.69) is 10.3 Å². The van der Waals surface area contributed by atoms with Crippen molar-refractivity contribution in [3.05, 3.63) is 35.5 Å². The molecular formula is C13H13N3O. The second-order valence-electron chi connectivity index (χ2n) is 3.65. The highest BCUT2D eigenvalue weighted by Gasteiger charge is 2.14. The van der Waals surface area contributed by atoms with E-state index in [9.17, 15) is 0 Å². The summed E-state index contributed by atoms with van der Waals surface area (Å²) in [5.41, 5.74) is 2.28. The Morgan fingerprint density at radius 3 is 2.82 bits per heavy atom. The van der Waals surface area contributed by atoms with Gasteiger partial charge in [0.1, 0.15) is 6.07 Å². The van der Waals surface area contributed by atoms with Gasteiger partial charge in [0.15, 0.2) is 0 Å². The maximum absolute atomic E-state index is 8.96. The summed E-state index contributed by atoms with van der Waals surface area (Å²) in [6.07, 6.45) is 0. The fraction of sp³-hybridized carbons (Fsp3) is 0.231. The van der Waals surface area contributed by atoms with Crippen LogP contribution in [0.2, 0.25) is 0 Å². The minimum Gasteiger partial charge on any atom is -0.419 e. The average Bonchev–Trinajstić information content (AvgIpc) is 2.73. The van der Waals surface area contributed by atoms with Crippen molar-refractivity contribution in [2.45, 2.75) is 13.8 Å². The zero-order valence-electron chi connectivity index (χ0n) is 9.82. The van der Waals surface area contributed by atoms with Gasteiger partial charge in [-0.3, -0.25) is 0 Å². The number of nitriles is 1. The Kier molecular flexibility index (Phi) is 3.10. The summed E-state index contributed by atoms with van der Waals surface area (Å²) in [7, 11) is 0. The Morgan fingerprint density at radius 1 is 1.41 bits per heavy atom. The van der Waals surface area contributed by atoms with Crippen molar-refractivity contribution in [3.8, 4) is 17.5 Å². The molecule has 2 rings (SSSR count). The van der Waals surface area contributed by atoms with Crippen LogP contribution in [-0.2, 0) is 0 Å². The third-order valence-corrected chi connectivity index (χ3v) is 2.45. The molecule has 4 heteroatoms. The van der Waals surface area contributed by atoms with Gasteiger partial charge in [-0.05, 0) is 25.5 Å². The standard InChI is InChI=1S/C13H13N3O/c1-3-15-13-11(8-14)16-12(17-13)10-7-5-4-6-9(10)2/h4-7,15H,3H2,1-2H3. The molecule has 0 fully saturated rings. The summed E-state index contributed by atoms with van der Waals surface area (Å²) in [6, 6.07) is 9.81. The normalized spacial score (nSPS) is 9.94. The monoisotopic (exact) mass is 227 g/mol. The second kappa shape index (κ2) is 4.71. The number of nitrogens with one attached hydrogen (secondary N) is 1. The van der Waals surface area contributed by atoms with Gasteiger partial charge >= 0.3 is 0 Å². The van der Waals surface area contributed by atoms with E-state index in [4.69, 9.17) is 9.68 Å². The van der Waals surface area contributed by atoms with E-state index in [0.29, 0.717) is 24.0 Å². The number of hydrogen-bond acceptors (Lipinski definition) is 4. The predicted molar refractivity (Wildman–Crippen MR) is 65.6 cm³/mol. The number of anilines is 1. The molecule has 0 amide bonds. The highest BCUT2D eigenvalue weighted by molar-refractivity contribution is 5.62. The largest absolute Gasteiger partial charge is 0.419 e. The van der Waals surface area contributed by atoms with Gasteiger partial charge in [0.25, 0.3) is 0 Å².